The summed E-state index contributed by atoms with van der Waals surface area (Å²) in [5, 5.41) is 2.20. The molecule has 0 aliphatic rings. The molecule has 0 unspecified atom stereocenters. The molecule has 4 aromatic rings. The molecule has 0 spiro atoms. The van der Waals surface area contributed by atoms with Crippen molar-refractivity contribution >= 4 is 11.9 Å². The van der Waals surface area contributed by atoms with E-state index in [1.807, 2.05) is 0 Å². The first-order valence-electron chi connectivity index (χ1n) is 15.5. The van der Waals surface area contributed by atoms with Gasteiger partial charge in [-0.1, -0.05) is 30.3 Å². The van der Waals surface area contributed by atoms with Crippen LogP contribution in [0.5, 0.6) is 5.75 Å². The lowest BCUT2D eigenvalue weighted by Gasteiger charge is -2.37. The van der Waals surface area contributed by atoms with Gasteiger partial charge in [0.1, 0.15) is 23.2 Å². The molecule has 4 rings (SSSR count). The van der Waals surface area contributed by atoms with E-state index in [0.29, 0.717) is 35.9 Å². The van der Waals surface area contributed by atoms with E-state index in [1.54, 1.807) is 6.92 Å². The van der Waals surface area contributed by atoms with Crippen LogP contribution in [0.15, 0.2) is 78.9 Å². The van der Waals surface area contributed by atoms with Crippen molar-refractivity contribution in [3.05, 3.63) is 135 Å². The molecule has 1 amide bonds. The van der Waals surface area contributed by atoms with Crippen LogP contribution >= 0.6 is 0 Å². The Morgan fingerprint density at radius 2 is 1.28 bits per heavy atom. The first-order valence-corrected chi connectivity index (χ1v) is 15.5. The Morgan fingerprint density at radius 3 is 1.85 bits per heavy atom. The molecule has 0 aliphatic heterocycles. The maximum atomic E-state index is 15.2. The van der Waals surface area contributed by atoms with Gasteiger partial charge in [-0.05, 0) is 78.1 Å². The minimum atomic E-state index is -5.43. The number of benzene rings is 4. The summed E-state index contributed by atoms with van der Waals surface area (Å²) < 4.78 is 190. The lowest BCUT2D eigenvalue weighted by atomic mass is 9.76. The van der Waals surface area contributed by atoms with Crippen molar-refractivity contribution in [3.63, 3.8) is 0 Å². The van der Waals surface area contributed by atoms with Crippen molar-refractivity contribution in [3.8, 4) is 5.75 Å². The van der Waals surface area contributed by atoms with Crippen LogP contribution in [0.4, 0.5) is 57.1 Å². The second-order valence-corrected chi connectivity index (χ2v) is 11.7. The molecule has 1 N–H and O–H groups in total. The Balaban J connectivity index is 2.00. The number of alkyl halides is 10. The van der Waals surface area contributed by atoms with Gasteiger partial charge in [0.15, 0.2) is 0 Å². The first kappa shape index (κ1) is 41.5. The van der Waals surface area contributed by atoms with E-state index in [1.165, 1.54) is 24.3 Å². The van der Waals surface area contributed by atoms with Gasteiger partial charge in [-0.15, -0.1) is 0 Å². The standard InChI is InChI=1S/C36H26F13NO4/c1-2-53-30(51)12-7-19-3-5-20(6-4-19)18-33(22-9-11-29(39)27(16-22)35(45,46)47,23-14-24(37)17-25(15-23)54-36(48,49)32(40)41)50-31(52)21-8-10-28(38)26(13-21)34(42,43)44/h3-6,8-11,13-17,32H,2,7,12,18H2,1H3,(H,50,52)/t33-/m1/s1. The summed E-state index contributed by atoms with van der Waals surface area (Å²) >= 11 is 0. The number of amides is 1. The topological polar surface area (TPSA) is 64.6 Å². The maximum absolute atomic E-state index is 15.2. The predicted molar refractivity (Wildman–Crippen MR) is 164 cm³/mol. The summed E-state index contributed by atoms with van der Waals surface area (Å²) in [6.07, 6.45) is -21.2. The summed E-state index contributed by atoms with van der Waals surface area (Å²) in [5.41, 5.74) is -8.53. The molecule has 0 radical (unpaired) electrons. The van der Waals surface area contributed by atoms with E-state index >= 15 is 4.39 Å². The molecule has 54 heavy (non-hydrogen) atoms. The highest BCUT2D eigenvalue weighted by molar-refractivity contribution is 5.95. The van der Waals surface area contributed by atoms with Crippen LogP contribution < -0.4 is 10.1 Å². The van der Waals surface area contributed by atoms with Crippen molar-refractivity contribution in [2.45, 2.75) is 56.6 Å². The maximum Gasteiger partial charge on any atom is 0.461 e. The number of hydrogen-bond donors (Lipinski definition) is 1. The SMILES string of the molecule is CCOC(=O)CCc1ccc(C[C@](NC(=O)c2ccc(F)c(C(F)(F)F)c2)(c2cc(F)cc(OC(F)(F)C(F)F)c2)c2ccc(F)c(C(F)(F)F)c2)cc1. The van der Waals surface area contributed by atoms with E-state index in [2.05, 4.69) is 10.1 Å². The van der Waals surface area contributed by atoms with Gasteiger partial charge in [0.2, 0.25) is 0 Å². The molecular weight excluding hydrogens is 757 g/mol. The van der Waals surface area contributed by atoms with Crippen LogP contribution in [0.3, 0.4) is 0 Å². The normalized spacial score (nSPS) is 13.4. The van der Waals surface area contributed by atoms with Gasteiger partial charge in [0.05, 0.1) is 23.3 Å². The quantitative estimate of drug-likeness (QED) is 0.108. The lowest BCUT2D eigenvalue weighted by Crippen LogP contribution is -2.49. The van der Waals surface area contributed by atoms with E-state index in [-0.39, 0.29) is 49.3 Å². The highest BCUT2D eigenvalue weighted by Gasteiger charge is 2.46. The van der Waals surface area contributed by atoms with Gasteiger partial charge < -0.3 is 14.8 Å². The summed E-state index contributed by atoms with van der Waals surface area (Å²) in [5.74, 6) is -8.63. The van der Waals surface area contributed by atoms with Crippen molar-refractivity contribution in [1.29, 1.82) is 0 Å². The molecule has 0 fully saturated rings. The molecule has 5 nitrogen and oxygen atoms in total. The average Bonchev–Trinajstić information content (AvgIpc) is 3.06. The third-order valence-electron chi connectivity index (χ3n) is 7.91. The van der Waals surface area contributed by atoms with Crippen LogP contribution in [-0.2, 0) is 40.3 Å². The Hall–Kier alpha value is -5.29. The molecule has 0 saturated carbocycles. The van der Waals surface area contributed by atoms with Crippen molar-refractivity contribution in [2.75, 3.05) is 6.61 Å². The number of rotatable bonds is 13. The van der Waals surface area contributed by atoms with Crippen LogP contribution in [0.2, 0.25) is 0 Å². The highest BCUT2D eigenvalue weighted by Crippen LogP contribution is 2.41. The molecule has 18 heteroatoms. The smallest absolute Gasteiger partial charge is 0.461 e. The molecule has 0 saturated heterocycles. The van der Waals surface area contributed by atoms with Gasteiger partial charge in [-0.3, -0.25) is 9.59 Å². The zero-order valence-corrected chi connectivity index (χ0v) is 27.5. The summed E-state index contributed by atoms with van der Waals surface area (Å²) in [7, 11) is 0. The molecule has 4 aromatic carbocycles. The number of carbonyl (C=O) groups excluding carboxylic acids is 2. The Labute approximate surface area is 297 Å². The number of halogens is 13. The number of esters is 1. The Morgan fingerprint density at radius 1 is 0.704 bits per heavy atom. The third kappa shape index (κ3) is 9.82. The minimum absolute atomic E-state index is 0.0489. The number of hydrogen-bond acceptors (Lipinski definition) is 4. The molecule has 1 atom stereocenters. The molecule has 0 aromatic heterocycles. The number of carbonyl (C=O) groups is 2. The number of aryl methyl sites for hydroxylation is 1. The van der Waals surface area contributed by atoms with Gasteiger partial charge >= 0.3 is 30.9 Å². The summed E-state index contributed by atoms with van der Waals surface area (Å²) in [6.45, 7) is 1.69. The van der Waals surface area contributed by atoms with Crippen LogP contribution in [0.25, 0.3) is 0 Å². The summed E-state index contributed by atoms with van der Waals surface area (Å²) in [6, 6.07) is 8.61. The van der Waals surface area contributed by atoms with Gasteiger partial charge in [0.25, 0.3) is 5.91 Å². The first-order chi connectivity index (χ1) is 25.1. The molecule has 0 bridgehead atoms. The highest BCUT2D eigenvalue weighted by atomic mass is 19.4. The molecular formula is C36H26F13NO4. The zero-order valence-electron chi connectivity index (χ0n) is 27.5. The largest absolute Gasteiger partial charge is 0.466 e. The molecule has 0 heterocycles. The van der Waals surface area contributed by atoms with Crippen LogP contribution in [0, 0.1) is 17.5 Å². The zero-order chi connectivity index (χ0) is 40.2. The fourth-order valence-electron chi connectivity index (χ4n) is 5.40. The molecule has 0 aliphatic carbocycles. The van der Waals surface area contributed by atoms with Gasteiger partial charge in [0, 0.05) is 24.5 Å². The minimum Gasteiger partial charge on any atom is -0.466 e. The average molecular weight is 784 g/mol. The monoisotopic (exact) mass is 783 g/mol. The number of ether oxygens (including phenoxy) is 2. The van der Waals surface area contributed by atoms with Gasteiger partial charge in [-0.2, -0.15) is 43.9 Å². The van der Waals surface area contributed by atoms with E-state index in [0.717, 1.165) is 0 Å². The van der Waals surface area contributed by atoms with Crippen LogP contribution in [-0.4, -0.2) is 31.0 Å². The van der Waals surface area contributed by atoms with E-state index in [4.69, 9.17) is 4.74 Å². The van der Waals surface area contributed by atoms with E-state index in [9.17, 15) is 62.3 Å². The van der Waals surface area contributed by atoms with Gasteiger partial charge in [-0.25, -0.2) is 13.2 Å². The second kappa shape index (κ2) is 16.0. The predicted octanol–water partition coefficient (Wildman–Crippen LogP) is 9.79. The fourth-order valence-corrected chi connectivity index (χ4v) is 5.40. The molecule has 290 valence electrons. The van der Waals surface area contributed by atoms with Crippen LogP contribution in [0.1, 0.15) is 57.1 Å². The Kier molecular flexibility index (Phi) is 12.3. The summed E-state index contributed by atoms with van der Waals surface area (Å²) in [4.78, 5) is 25.6. The van der Waals surface area contributed by atoms with Crippen molar-refractivity contribution in [1.82, 2.24) is 5.32 Å². The fraction of sp³-hybridized carbons (Fsp3) is 0.278. The Bertz CT molecular complexity index is 1980. The second-order valence-electron chi connectivity index (χ2n) is 11.7. The lowest BCUT2D eigenvalue weighted by molar-refractivity contribution is -0.253. The number of nitrogens with one attached hydrogen (secondary N) is 1. The third-order valence-corrected chi connectivity index (χ3v) is 7.91. The van der Waals surface area contributed by atoms with Crippen molar-refractivity contribution < 1.29 is 76.1 Å². The van der Waals surface area contributed by atoms with E-state index < -0.39 is 99.7 Å². The van der Waals surface area contributed by atoms with Crippen molar-refractivity contribution in [2.24, 2.45) is 0 Å².